The van der Waals surface area contributed by atoms with Gasteiger partial charge in [-0.2, -0.15) is 5.10 Å². The molecule has 0 radical (unpaired) electrons. The van der Waals surface area contributed by atoms with Crippen LogP contribution in [0.4, 0.5) is 0 Å². The zero-order chi connectivity index (χ0) is 14.4. The number of nitrogens with zero attached hydrogens (tertiary/aromatic N) is 1. The van der Waals surface area contributed by atoms with E-state index >= 15 is 0 Å². The maximum Gasteiger partial charge on any atom is 0.187 e. The van der Waals surface area contributed by atoms with Gasteiger partial charge in [-0.3, -0.25) is 5.43 Å². The van der Waals surface area contributed by atoms with E-state index in [1.54, 1.807) is 30.7 Å². The molecule has 1 aromatic heterocycles. The van der Waals surface area contributed by atoms with E-state index in [0.717, 1.165) is 11.3 Å². The van der Waals surface area contributed by atoms with Crippen molar-refractivity contribution in [2.24, 2.45) is 5.10 Å². The Morgan fingerprint density at radius 3 is 2.85 bits per heavy atom. The highest BCUT2D eigenvalue weighted by molar-refractivity contribution is 7.80. The minimum absolute atomic E-state index is 0.401. The lowest BCUT2D eigenvalue weighted by Gasteiger charge is -2.04. The number of nitrogens with one attached hydrogen (secondary N) is 2. The first-order chi connectivity index (χ1) is 9.65. The summed E-state index contributed by atoms with van der Waals surface area (Å²) in [5, 5.41) is 8.35. The zero-order valence-corrected chi connectivity index (χ0v) is 12.6. The molecule has 0 unspecified atom stereocenters. The smallest absolute Gasteiger partial charge is 0.187 e. The molecule has 4 nitrogen and oxygen atoms in total. The Morgan fingerprint density at radius 2 is 2.15 bits per heavy atom. The first-order valence-corrected chi connectivity index (χ1v) is 6.86. The minimum atomic E-state index is 0.401. The summed E-state index contributed by atoms with van der Waals surface area (Å²) < 4.78 is 5.17. The number of benzene rings is 1. The highest BCUT2D eigenvalue weighted by Gasteiger charge is 1.98. The molecular weight excluding hydrogens is 317 g/mol. The van der Waals surface area contributed by atoms with Crippen LogP contribution in [0.25, 0.3) is 0 Å². The molecule has 20 heavy (non-hydrogen) atoms. The SMILES string of the molecule is S=C(NCc1ccco1)NN=Cc1ccc(Cl)c(Cl)c1. The summed E-state index contributed by atoms with van der Waals surface area (Å²) >= 11 is 16.8. The normalized spacial score (nSPS) is 10.7. The largest absolute Gasteiger partial charge is 0.467 e. The van der Waals surface area contributed by atoms with Crippen LogP contribution in [0.1, 0.15) is 11.3 Å². The summed E-state index contributed by atoms with van der Waals surface area (Å²) in [7, 11) is 0. The Labute approximate surface area is 131 Å². The number of hydrogen-bond acceptors (Lipinski definition) is 3. The first kappa shape index (κ1) is 14.8. The van der Waals surface area contributed by atoms with Gasteiger partial charge in [-0.15, -0.1) is 0 Å². The molecule has 0 atom stereocenters. The van der Waals surface area contributed by atoms with Crippen molar-refractivity contribution in [2.75, 3.05) is 0 Å². The predicted molar refractivity (Wildman–Crippen MR) is 85.3 cm³/mol. The maximum atomic E-state index is 5.90. The average molecular weight is 328 g/mol. The fourth-order valence-electron chi connectivity index (χ4n) is 1.38. The van der Waals surface area contributed by atoms with Crippen LogP contribution in [-0.2, 0) is 6.54 Å². The van der Waals surface area contributed by atoms with E-state index in [1.807, 2.05) is 12.1 Å². The monoisotopic (exact) mass is 327 g/mol. The molecular formula is C13H11Cl2N3OS. The van der Waals surface area contributed by atoms with Gasteiger partial charge in [-0.25, -0.2) is 0 Å². The lowest BCUT2D eigenvalue weighted by molar-refractivity contribution is 0.502. The van der Waals surface area contributed by atoms with Gasteiger partial charge in [0.25, 0.3) is 0 Å². The Morgan fingerprint density at radius 1 is 1.30 bits per heavy atom. The summed E-state index contributed by atoms with van der Waals surface area (Å²) in [5.41, 5.74) is 3.52. The molecule has 0 saturated heterocycles. The summed E-state index contributed by atoms with van der Waals surface area (Å²) in [4.78, 5) is 0. The van der Waals surface area contributed by atoms with Crippen LogP contribution < -0.4 is 10.7 Å². The van der Waals surface area contributed by atoms with Gasteiger partial charge in [-0.1, -0.05) is 29.3 Å². The lowest BCUT2D eigenvalue weighted by Crippen LogP contribution is -2.31. The second kappa shape index (κ2) is 7.28. The molecule has 0 bridgehead atoms. The Kier molecular flexibility index (Phi) is 5.40. The van der Waals surface area contributed by atoms with Crippen molar-refractivity contribution in [1.82, 2.24) is 10.7 Å². The van der Waals surface area contributed by atoms with E-state index in [4.69, 9.17) is 39.8 Å². The van der Waals surface area contributed by atoms with E-state index in [1.165, 1.54) is 0 Å². The average Bonchev–Trinajstić information content (AvgIpc) is 2.94. The van der Waals surface area contributed by atoms with Gasteiger partial charge in [0, 0.05) is 0 Å². The molecule has 1 aromatic carbocycles. The molecule has 0 saturated carbocycles. The lowest BCUT2D eigenvalue weighted by atomic mass is 10.2. The fourth-order valence-corrected chi connectivity index (χ4v) is 1.81. The summed E-state index contributed by atoms with van der Waals surface area (Å²) in [6.07, 6.45) is 3.21. The van der Waals surface area contributed by atoms with Crippen LogP contribution in [-0.4, -0.2) is 11.3 Å². The molecule has 0 aliphatic rings. The Balaban J connectivity index is 1.80. The predicted octanol–water partition coefficient (Wildman–Crippen LogP) is 3.58. The molecule has 0 amide bonds. The number of hydrogen-bond donors (Lipinski definition) is 2. The topological polar surface area (TPSA) is 49.6 Å². The Bertz CT molecular complexity index is 614. The van der Waals surface area contributed by atoms with Crippen LogP contribution in [0.5, 0.6) is 0 Å². The minimum Gasteiger partial charge on any atom is -0.467 e. The fraction of sp³-hybridized carbons (Fsp3) is 0.0769. The van der Waals surface area contributed by atoms with Crippen LogP contribution >= 0.6 is 35.4 Å². The van der Waals surface area contributed by atoms with Gasteiger partial charge in [0.15, 0.2) is 5.11 Å². The second-order valence-corrected chi connectivity index (χ2v) is 5.03. The Hall–Kier alpha value is -1.56. The molecule has 0 spiro atoms. The van der Waals surface area contributed by atoms with Gasteiger partial charge < -0.3 is 9.73 Å². The van der Waals surface area contributed by atoms with E-state index in [9.17, 15) is 0 Å². The number of thiocarbonyl (C=S) groups is 1. The van der Waals surface area contributed by atoms with E-state index in [2.05, 4.69) is 15.8 Å². The van der Waals surface area contributed by atoms with E-state index < -0.39 is 0 Å². The van der Waals surface area contributed by atoms with Crippen molar-refractivity contribution in [3.8, 4) is 0 Å². The molecule has 2 rings (SSSR count). The molecule has 2 N–H and O–H groups in total. The van der Waals surface area contributed by atoms with Crippen LogP contribution in [0.15, 0.2) is 46.1 Å². The van der Waals surface area contributed by atoms with Crippen molar-refractivity contribution >= 4 is 46.7 Å². The van der Waals surface area contributed by atoms with Crippen LogP contribution in [0.3, 0.4) is 0 Å². The first-order valence-electron chi connectivity index (χ1n) is 5.69. The third kappa shape index (κ3) is 4.52. The quantitative estimate of drug-likeness (QED) is 0.512. The van der Waals surface area contributed by atoms with Gasteiger partial charge in [0.2, 0.25) is 0 Å². The summed E-state index contributed by atoms with van der Waals surface area (Å²) in [5.74, 6) is 0.794. The molecule has 1 heterocycles. The standard InChI is InChI=1S/C13H11Cl2N3OS/c14-11-4-3-9(6-12(11)15)7-17-18-13(20)16-8-10-2-1-5-19-10/h1-7H,8H2,(H2,16,18,20). The molecule has 7 heteroatoms. The van der Waals surface area contributed by atoms with Crippen molar-refractivity contribution in [2.45, 2.75) is 6.54 Å². The molecule has 0 fully saturated rings. The van der Waals surface area contributed by atoms with Crippen molar-refractivity contribution < 1.29 is 4.42 Å². The van der Waals surface area contributed by atoms with Crippen molar-refractivity contribution in [1.29, 1.82) is 0 Å². The van der Waals surface area contributed by atoms with Crippen LogP contribution in [0, 0.1) is 0 Å². The van der Waals surface area contributed by atoms with Gasteiger partial charge in [0.1, 0.15) is 5.76 Å². The third-order valence-corrected chi connectivity index (χ3v) is 3.30. The summed E-state index contributed by atoms with van der Waals surface area (Å²) in [6.45, 7) is 0.501. The highest BCUT2D eigenvalue weighted by atomic mass is 35.5. The molecule has 0 aliphatic heterocycles. The van der Waals surface area contributed by atoms with Gasteiger partial charge in [0.05, 0.1) is 29.1 Å². The highest BCUT2D eigenvalue weighted by Crippen LogP contribution is 2.21. The molecule has 2 aromatic rings. The van der Waals surface area contributed by atoms with Crippen molar-refractivity contribution in [3.05, 3.63) is 58.0 Å². The maximum absolute atomic E-state index is 5.90. The van der Waals surface area contributed by atoms with Gasteiger partial charge >= 0.3 is 0 Å². The summed E-state index contributed by atoms with van der Waals surface area (Å²) in [6, 6.07) is 8.90. The number of rotatable bonds is 4. The van der Waals surface area contributed by atoms with Gasteiger partial charge in [-0.05, 0) is 42.0 Å². The number of furan rings is 1. The second-order valence-electron chi connectivity index (χ2n) is 3.81. The van der Waals surface area contributed by atoms with Crippen molar-refractivity contribution in [3.63, 3.8) is 0 Å². The van der Waals surface area contributed by atoms with E-state index in [0.29, 0.717) is 21.7 Å². The molecule has 0 aliphatic carbocycles. The number of halogens is 2. The van der Waals surface area contributed by atoms with E-state index in [-0.39, 0.29) is 0 Å². The molecule has 104 valence electrons. The zero-order valence-electron chi connectivity index (χ0n) is 10.3. The third-order valence-electron chi connectivity index (χ3n) is 2.33. The number of hydrazone groups is 1. The van der Waals surface area contributed by atoms with Crippen LogP contribution in [0.2, 0.25) is 10.0 Å².